The summed E-state index contributed by atoms with van der Waals surface area (Å²) < 4.78 is 0. The molecule has 0 saturated carbocycles. The van der Waals surface area contributed by atoms with Gasteiger partial charge in [-0.25, -0.2) is 4.79 Å². The second kappa shape index (κ2) is 7.79. The molecule has 0 bridgehead atoms. The molecule has 17 heavy (non-hydrogen) atoms. The number of aryl methyl sites for hydroxylation is 1. The summed E-state index contributed by atoms with van der Waals surface area (Å²) >= 11 is 11.3. The number of hydrogen-bond donors (Lipinski definition) is 2. The van der Waals surface area contributed by atoms with Gasteiger partial charge in [0.1, 0.15) is 5.69 Å². The van der Waals surface area contributed by atoms with Crippen LogP contribution in [-0.2, 0) is 0 Å². The highest BCUT2D eigenvalue weighted by Crippen LogP contribution is 2.10. The predicted octanol–water partition coefficient (Wildman–Crippen LogP) is 1.23. The molecule has 98 valence electrons. The van der Waals surface area contributed by atoms with Crippen molar-refractivity contribution in [1.82, 2.24) is 9.97 Å². The average Bonchev–Trinajstić information content (AvgIpc) is 2.16. The first-order valence-electron chi connectivity index (χ1n) is 4.80. The third-order valence-corrected chi connectivity index (χ3v) is 2.46. The van der Waals surface area contributed by atoms with E-state index in [0.717, 1.165) is 0 Å². The zero-order valence-corrected chi connectivity index (χ0v) is 12.5. The molecule has 0 aliphatic carbocycles. The number of anilines is 1. The molecule has 1 heterocycles. The van der Waals surface area contributed by atoms with Crippen molar-refractivity contribution in [2.45, 2.75) is 6.92 Å². The molecule has 0 aromatic carbocycles. The third-order valence-electron chi connectivity index (χ3n) is 2.12. The summed E-state index contributed by atoms with van der Waals surface area (Å²) in [6, 6.07) is 0. The van der Waals surface area contributed by atoms with Crippen LogP contribution in [0.5, 0.6) is 0 Å². The van der Waals surface area contributed by atoms with Gasteiger partial charge in [0.15, 0.2) is 0 Å². The number of hydrogen-bond acceptors (Lipinski definition) is 3. The second-order valence-corrected chi connectivity index (χ2v) is 4.00. The summed E-state index contributed by atoms with van der Waals surface area (Å²) in [5, 5.41) is 0. The maximum atomic E-state index is 11.6. The SMILES string of the molecule is Br.Cc1[nH]c(=O)[nH]c(=O)c1N(CCCl)CCCl. The highest BCUT2D eigenvalue weighted by molar-refractivity contribution is 8.93. The van der Waals surface area contributed by atoms with Crippen LogP contribution in [0.15, 0.2) is 9.59 Å². The standard InChI is InChI=1S/C9H13Cl2N3O2.BrH/c1-6-7(8(15)13-9(16)12-6)14(4-2-10)5-3-11;/h2-5H2,1H3,(H2,12,13,15,16);1H. The largest absolute Gasteiger partial charge is 0.363 e. The van der Waals surface area contributed by atoms with Crippen molar-refractivity contribution in [3.05, 3.63) is 26.5 Å². The molecule has 0 amide bonds. The zero-order valence-electron chi connectivity index (χ0n) is 9.26. The normalized spacial score (nSPS) is 9.82. The van der Waals surface area contributed by atoms with Crippen LogP contribution in [0.3, 0.4) is 0 Å². The quantitative estimate of drug-likeness (QED) is 0.788. The lowest BCUT2D eigenvalue weighted by atomic mass is 10.3. The zero-order chi connectivity index (χ0) is 12.1. The third kappa shape index (κ3) is 4.37. The molecule has 5 nitrogen and oxygen atoms in total. The number of aromatic amines is 2. The first-order valence-corrected chi connectivity index (χ1v) is 5.87. The Morgan fingerprint density at radius 3 is 2.06 bits per heavy atom. The molecule has 0 atom stereocenters. The van der Waals surface area contributed by atoms with Gasteiger partial charge in [0, 0.05) is 30.5 Å². The summed E-state index contributed by atoms with van der Waals surface area (Å²) in [5.74, 6) is 0.768. The second-order valence-electron chi connectivity index (χ2n) is 3.25. The Bertz CT molecular complexity index is 454. The first-order chi connectivity index (χ1) is 7.60. The molecule has 0 aliphatic heterocycles. The van der Waals surface area contributed by atoms with Crippen molar-refractivity contribution < 1.29 is 0 Å². The Labute approximate surface area is 119 Å². The predicted molar refractivity (Wildman–Crippen MR) is 76.4 cm³/mol. The van der Waals surface area contributed by atoms with E-state index in [9.17, 15) is 9.59 Å². The van der Waals surface area contributed by atoms with Crippen molar-refractivity contribution in [1.29, 1.82) is 0 Å². The van der Waals surface area contributed by atoms with Crippen molar-refractivity contribution in [2.75, 3.05) is 29.7 Å². The number of nitrogens with zero attached hydrogens (tertiary/aromatic N) is 1. The summed E-state index contributed by atoms with van der Waals surface area (Å²) in [6.45, 7) is 2.68. The smallest absolute Gasteiger partial charge is 0.326 e. The Morgan fingerprint density at radius 2 is 1.65 bits per heavy atom. The van der Waals surface area contributed by atoms with Gasteiger partial charge in [0.25, 0.3) is 5.56 Å². The Hall–Kier alpha value is -0.460. The number of alkyl halides is 2. The molecule has 0 aliphatic rings. The number of H-pyrrole nitrogens is 2. The van der Waals surface area contributed by atoms with E-state index in [1.165, 1.54) is 0 Å². The summed E-state index contributed by atoms with van der Waals surface area (Å²) in [4.78, 5) is 29.1. The fraction of sp³-hybridized carbons (Fsp3) is 0.556. The molecule has 0 radical (unpaired) electrons. The van der Waals surface area contributed by atoms with Gasteiger partial charge in [0.05, 0.1) is 0 Å². The number of halogens is 3. The molecule has 2 N–H and O–H groups in total. The molecule has 0 fully saturated rings. The molecule has 0 unspecified atom stereocenters. The molecular weight excluding hydrogens is 333 g/mol. The summed E-state index contributed by atoms with van der Waals surface area (Å²) in [5.41, 5.74) is 0.00399. The van der Waals surface area contributed by atoms with Crippen molar-refractivity contribution in [3.8, 4) is 0 Å². The summed E-state index contributed by atoms with van der Waals surface area (Å²) in [7, 11) is 0. The number of rotatable bonds is 5. The van der Waals surface area contributed by atoms with E-state index in [1.807, 2.05) is 0 Å². The van der Waals surface area contributed by atoms with Crippen LogP contribution in [0, 0.1) is 6.92 Å². The lowest BCUT2D eigenvalue weighted by Gasteiger charge is -2.22. The minimum atomic E-state index is -0.511. The van der Waals surface area contributed by atoms with Gasteiger partial charge >= 0.3 is 5.69 Å². The van der Waals surface area contributed by atoms with Crippen LogP contribution in [0.4, 0.5) is 5.69 Å². The number of nitrogens with one attached hydrogen (secondary N) is 2. The van der Waals surface area contributed by atoms with E-state index in [1.54, 1.807) is 11.8 Å². The lowest BCUT2D eigenvalue weighted by molar-refractivity contribution is 0.838. The van der Waals surface area contributed by atoms with Crippen LogP contribution in [0.25, 0.3) is 0 Å². The highest BCUT2D eigenvalue weighted by Gasteiger charge is 2.13. The minimum Gasteiger partial charge on any atom is -0.363 e. The fourth-order valence-electron chi connectivity index (χ4n) is 1.51. The van der Waals surface area contributed by atoms with Gasteiger partial charge in [-0.1, -0.05) is 0 Å². The van der Waals surface area contributed by atoms with Crippen LogP contribution >= 0.6 is 40.2 Å². The lowest BCUT2D eigenvalue weighted by Crippen LogP contribution is -2.36. The topological polar surface area (TPSA) is 69.0 Å². The maximum absolute atomic E-state index is 11.6. The highest BCUT2D eigenvalue weighted by atomic mass is 79.9. The van der Waals surface area contributed by atoms with Crippen molar-refractivity contribution in [3.63, 3.8) is 0 Å². The van der Waals surface area contributed by atoms with Gasteiger partial charge in [-0.15, -0.1) is 40.2 Å². The van der Waals surface area contributed by atoms with Crippen LogP contribution < -0.4 is 16.1 Å². The Balaban J connectivity index is 0.00000256. The van der Waals surface area contributed by atoms with E-state index in [0.29, 0.717) is 36.2 Å². The van der Waals surface area contributed by atoms with Gasteiger partial charge in [0.2, 0.25) is 0 Å². The fourth-order valence-corrected chi connectivity index (χ4v) is 1.92. The minimum absolute atomic E-state index is 0. The molecular formula is C9H14BrCl2N3O2. The number of aromatic nitrogens is 2. The molecule has 1 aromatic rings. The van der Waals surface area contributed by atoms with Crippen molar-refractivity contribution in [2.24, 2.45) is 0 Å². The van der Waals surface area contributed by atoms with E-state index < -0.39 is 11.2 Å². The van der Waals surface area contributed by atoms with E-state index in [2.05, 4.69) is 9.97 Å². The van der Waals surface area contributed by atoms with Crippen LogP contribution in [-0.4, -0.2) is 34.8 Å². The molecule has 1 rings (SSSR count). The van der Waals surface area contributed by atoms with E-state index >= 15 is 0 Å². The molecule has 8 heteroatoms. The van der Waals surface area contributed by atoms with Gasteiger partial charge in [-0.3, -0.25) is 9.78 Å². The van der Waals surface area contributed by atoms with Gasteiger partial charge < -0.3 is 9.88 Å². The first kappa shape index (κ1) is 16.5. The molecule has 1 aromatic heterocycles. The van der Waals surface area contributed by atoms with E-state index in [4.69, 9.17) is 23.2 Å². The Morgan fingerprint density at radius 1 is 1.12 bits per heavy atom. The molecule has 0 saturated heterocycles. The van der Waals surface area contributed by atoms with Crippen LogP contribution in [0.2, 0.25) is 0 Å². The van der Waals surface area contributed by atoms with Crippen molar-refractivity contribution >= 4 is 45.9 Å². The Kier molecular flexibility index (Phi) is 7.58. The summed E-state index contributed by atoms with van der Waals surface area (Å²) in [6.07, 6.45) is 0. The monoisotopic (exact) mass is 345 g/mol. The van der Waals surface area contributed by atoms with Gasteiger partial charge in [-0.2, -0.15) is 0 Å². The maximum Gasteiger partial charge on any atom is 0.326 e. The molecule has 0 spiro atoms. The van der Waals surface area contributed by atoms with Gasteiger partial charge in [-0.05, 0) is 6.92 Å². The van der Waals surface area contributed by atoms with E-state index in [-0.39, 0.29) is 17.0 Å². The van der Waals surface area contributed by atoms with Crippen LogP contribution in [0.1, 0.15) is 5.69 Å². The average molecular weight is 347 g/mol.